The van der Waals surface area contributed by atoms with Gasteiger partial charge in [-0.3, -0.25) is 4.79 Å². The molecule has 0 aromatic rings. The molecule has 0 atom stereocenters. The molecule has 0 saturated heterocycles. The Bertz CT molecular complexity index is 277. The van der Waals surface area contributed by atoms with Crippen molar-refractivity contribution >= 4 is 21.2 Å². The minimum Gasteiger partial charge on any atom is -0.478 e. The molecule has 0 aliphatic carbocycles. The average Bonchev–Trinajstić information content (AvgIpc) is 2.32. The van der Waals surface area contributed by atoms with Crippen LogP contribution in [0.25, 0.3) is 0 Å². The van der Waals surface area contributed by atoms with E-state index in [1.165, 1.54) is 0 Å². The molecule has 18 heavy (non-hydrogen) atoms. The molecule has 0 saturated carbocycles. The number of aliphatic carboxylic acids is 1. The molecule has 0 aromatic heterocycles. The quantitative estimate of drug-likeness (QED) is 0.348. The predicted octanol–water partition coefficient (Wildman–Crippen LogP) is 0.695. The average molecular weight is 274 g/mol. The number of carbonyl (C=O) groups excluding carboxylic acids is 1. The number of nitrogens with one attached hydrogen (secondary N) is 1. The molecule has 7 heteroatoms. The van der Waals surface area contributed by atoms with E-state index in [2.05, 4.69) is 5.32 Å². The van der Waals surface area contributed by atoms with Crippen LogP contribution in [0, 0.1) is 0 Å². The van der Waals surface area contributed by atoms with Crippen LogP contribution >= 0.6 is 0 Å². The van der Waals surface area contributed by atoms with Crippen molar-refractivity contribution in [3.05, 3.63) is 12.2 Å². The summed E-state index contributed by atoms with van der Waals surface area (Å²) in [6.45, 7) is 5.57. The lowest BCUT2D eigenvalue weighted by Gasteiger charge is -2.12. The van der Waals surface area contributed by atoms with Gasteiger partial charge in [-0.2, -0.15) is 0 Å². The normalized spacial score (nSPS) is 11.1. The molecule has 1 amide bonds. The number of hydrogen-bond donors (Lipinski definition) is 2. The standard InChI is InChI=1S/C11H20NO5Si/c1-3-16-18(17-4-2)9-5-8-12-10(13)6-7-11(14)15/h6-7H,3-5,8-9H2,1-2H3,(H,12,13)(H,14,15)/b7-6+. The zero-order valence-electron chi connectivity index (χ0n) is 10.8. The molecule has 0 fully saturated rings. The van der Waals surface area contributed by atoms with Gasteiger partial charge in [-0.1, -0.05) is 0 Å². The minimum absolute atomic E-state index is 0.404. The molecular formula is C11H20NO5Si. The summed E-state index contributed by atoms with van der Waals surface area (Å²) in [5.74, 6) is -1.54. The lowest BCUT2D eigenvalue weighted by Crippen LogP contribution is -2.27. The molecule has 0 aromatic carbocycles. The van der Waals surface area contributed by atoms with Crippen LogP contribution in [0.5, 0.6) is 0 Å². The molecule has 6 nitrogen and oxygen atoms in total. The van der Waals surface area contributed by atoms with E-state index in [0.717, 1.165) is 24.6 Å². The zero-order valence-corrected chi connectivity index (χ0v) is 11.8. The fourth-order valence-corrected chi connectivity index (χ4v) is 2.64. The number of carboxylic acids is 1. The van der Waals surface area contributed by atoms with Gasteiger partial charge in [-0.25, -0.2) is 4.79 Å². The highest BCUT2D eigenvalue weighted by atomic mass is 28.3. The van der Waals surface area contributed by atoms with E-state index < -0.39 is 21.2 Å². The van der Waals surface area contributed by atoms with Gasteiger partial charge in [-0.15, -0.1) is 0 Å². The van der Waals surface area contributed by atoms with Gasteiger partial charge >= 0.3 is 15.3 Å². The number of hydrogen-bond acceptors (Lipinski definition) is 4. The van der Waals surface area contributed by atoms with E-state index in [0.29, 0.717) is 19.8 Å². The molecule has 0 aliphatic rings. The first-order valence-corrected chi connectivity index (χ1v) is 7.42. The maximum atomic E-state index is 11.1. The van der Waals surface area contributed by atoms with Gasteiger partial charge in [0.05, 0.1) is 0 Å². The third-order valence-electron chi connectivity index (χ3n) is 1.84. The first-order valence-electron chi connectivity index (χ1n) is 5.90. The first-order chi connectivity index (χ1) is 8.60. The van der Waals surface area contributed by atoms with Crippen molar-refractivity contribution in [2.45, 2.75) is 26.3 Å². The van der Waals surface area contributed by atoms with E-state index in [4.69, 9.17) is 14.0 Å². The third kappa shape index (κ3) is 10.0. The molecular weight excluding hydrogens is 254 g/mol. The molecule has 0 aliphatic heterocycles. The molecule has 1 radical (unpaired) electrons. The van der Waals surface area contributed by atoms with Crippen LogP contribution in [0.3, 0.4) is 0 Å². The summed E-state index contributed by atoms with van der Waals surface area (Å²) < 4.78 is 10.9. The topological polar surface area (TPSA) is 84.9 Å². The smallest absolute Gasteiger partial charge is 0.384 e. The lowest BCUT2D eigenvalue weighted by molar-refractivity contribution is -0.131. The van der Waals surface area contributed by atoms with Crippen molar-refractivity contribution in [2.75, 3.05) is 19.8 Å². The summed E-state index contributed by atoms with van der Waals surface area (Å²) in [5, 5.41) is 10.9. The van der Waals surface area contributed by atoms with Gasteiger partial charge in [0.25, 0.3) is 0 Å². The molecule has 0 spiro atoms. The predicted molar refractivity (Wildman–Crippen MR) is 68.2 cm³/mol. The third-order valence-corrected chi connectivity index (χ3v) is 3.83. The van der Waals surface area contributed by atoms with Crippen LogP contribution in [0.15, 0.2) is 12.2 Å². The Hall–Kier alpha value is -1.18. The summed E-state index contributed by atoms with van der Waals surface area (Å²) in [6, 6.07) is 0.787. The minimum atomic E-state index is -1.23. The monoisotopic (exact) mass is 274 g/mol. The number of carbonyl (C=O) groups is 2. The SMILES string of the molecule is CCO[Si](CCCNC(=O)/C=C/C(=O)O)OCC. The van der Waals surface area contributed by atoms with Crippen LogP contribution in [0.2, 0.25) is 6.04 Å². The summed E-state index contributed by atoms with van der Waals surface area (Å²) >= 11 is 0. The maximum absolute atomic E-state index is 11.1. The van der Waals surface area contributed by atoms with Crippen LogP contribution in [-0.2, 0) is 18.4 Å². The van der Waals surface area contributed by atoms with Crippen molar-refractivity contribution in [2.24, 2.45) is 0 Å². The zero-order chi connectivity index (χ0) is 13.8. The van der Waals surface area contributed by atoms with Crippen molar-refractivity contribution in [3.8, 4) is 0 Å². The highest BCUT2D eigenvalue weighted by Gasteiger charge is 2.13. The Morgan fingerprint density at radius 3 is 2.33 bits per heavy atom. The second-order valence-electron chi connectivity index (χ2n) is 3.30. The van der Waals surface area contributed by atoms with Crippen molar-refractivity contribution in [1.29, 1.82) is 0 Å². The van der Waals surface area contributed by atoms with Gasteiger partial charge in [0.1, 0.15) is 0 Å². The Morgan fingerprint density at radius 2 is 1.83 bits per heavy atom. The van der Waals surface area contributed by atoms with Crippen LogP contribution in [0.4, 0.5) is 0 Å². The van der Waals surface area contributed by atoms with E-state index >= 15 is 0 Å². The van der Waals surface area contributed by atoms with E-state index in [1.54, 1.807) is 0 Å². The second-order valence-corrected chi connectivity index (χ2v) is 5.13. The number of carboxylic acid groups (broad SMARTS) is 1. The Labute approximate surface area is 109 Å². The summed E-state index contributed by atoms with van der Waals surface area (Å²) in [4.78, 5) is 21.3. The van der Waals surface area contributed by atoms with Gasteiger partial charge < -0.3 is 19.3 Å². The van der Waals surface area contributed by atoms with Crippen LogP contribution in [-0.4, -0.2) is 46.0 Å². The summed E-state index contributed by atoms with van der Waals surface area (Å²) in [5.41, 5.74) is 0. The number of amides is 1. The summed E-state index contributed by atoms with van der Waals surface area (Å²) in [6.07, 6.45) is 2.56. The van der Waals surface area contributed by atoms with Crippen molar-refractivity contribution in [3.63, 3.8) is 0 Å². The van der Waals surface area contributed by atoms with E-state index in [1.807, 2.05) is 13.8 Å². The Kier molecular flexibility index (Phi) is 10.2. The largest absolute Gasteiger partial charge is 0.478 e. The molecule has 0 unspecified atom stereocenters. The van der Waals surface area contributed by atoms with Crippen molar-refractivity contribution in [1.82, 2.24) is 5.32 Å². The molecule has 0 heterocycles. The van der Waals surface area contributed by atoms with Gasteiger partial charge in [0.15, 0.2) is 0 Å². The van der Waals surface area contributed by atoms with E-state index in [-0.39, 0.29) is 0 Å². The van der Waals surface area contributed by atoms with Crippen LogP contribution in [0.1, 0.15) is 20.3 Å². The molecule has 0 bridgehead atoms. The van der Waals surface area contributed by atoms with Gasteiger partial charge in [-0.05, 0) is 26.3 Å². The number of rotatable bonds is 10. The molecule has 0 rings (SSSR count). The fourth-order valence-electron chi connectivity index (χ4n) is 1.16. The fraction of sp³-hybridized carbons (Fsp3) is 0.636. The Balaban J connectivity index is 3.70. The highest BCUT2D eigenvalue weighted by molar-refractivity contribution is 6.44. The second kappa shape index (κ2) is 10.9. The van der Waals surface area contributed by atoms with Gasteiger partial charge in [0, 0.05) is 31.9 Å². The summed E-state index contributed by atoms with van der Waals surface area (Å²) in [7, 11) is -1.23. The van der Waals surface area contributed by atoms with Gasteiger partial charge in [0.2, 0.25) is 5.91 Å². The molecule has 2 N–H and O–H groups in total. The van der Waals surface area contributed by atoms with E-state index in [9.17, 15) is 9.59 Å². The van der Waals surface area contributed by atoms with Crippen LogP contribution < -0.4 is 5.32 Å². The lowest BCUT2D eigenvalue weighted by atomic mass is 10.4. The highest BCUT2D eigenvalue weighted by Crippen LogP contribution is 2.00. The maximum Gasteiger partial charge on any atom is 0.384 e. The Morgan fingerprint density at radius 1 is 1.22 bits per heavy atom. The molecule has 103 valence electrons. The van der Waals surface area contributed by atoms with Crippen molar-refractivity contribution < 1.29 is 23.5 Å². The first kappa shape index (κ1) is 16.8.